The summed E-state index contributed by atoms with van der Waals surface area (Å²) in [5, 5.41) is 2.16. The number of hydrogen-bond acceptors (Lipinski definition) is 3. The predicted octanol–water partition coefficient (Wildman–Crippen LogP) is 3.33. The van der Waals surface area contributed by atoms with Crippen LogP contribution in [0.3, 0.4) is 0 Å². The molecule has 0 amide bonds. The maximum Gasteiger partial charge on any atom is 0.357 e. The lowest BCUT2D eigenvalue weighted by Gasteiger charge is -2.05. The second-order valence-electron chi connectivity index (χ2n) is 3.11. The van der Waals surface area contributed by atoms with E-state index >= 15 is 0 Å². The van der Waals surface area contributed by atoms with Crippen LogP contribution in [-0.2, 0) is 4.74 Å². The fraction of sp³-hybridized carbons (Fsp3) is 0.0909. The van der Waals surface area contributed by atoms with Gasteiger partial charge in [-0.15, -0.1) is 0 Å². The van der Waals surface area contributed by atoms with Gasteiger partial charge in [0.25, 0.3) is 0 Å². The first-order chi connectivity index (χ1) is 7.65. The van der Waals surface area contributed by atoms with Gasteiger partial charge < -0.3 is 4.74 Å². The van der Waals surface area contributed by atoms with E-state index < -0.39 is 5.97 Å². The summed E-state index contributed by atoms with van der Waals surface area (Å²) < 4.78 is 4.64. The predicted molar refractivity (Wildman–Crippen MR) is 63.1 cm³/mol. The molecule has 5 heteroatoms. The minimum absolute atomic E-state index is 0.235. The van der Waals surface area contributed by atoms with Crippen LogP contribution in [0.1, 0.15) is 10.5 Å². The van der Waals surface area contributed by atoms with E-state index in [0.717, 1.165) is 0 Å². The molecule has 0 fully saturated rings. The molecule has 0 aliphatic carbocycles. The smallest absolute Gasteiger partial charge is 0.357 e. The molecule has 0 aliphatic heterocycles. The van der Waals surface area contributed by atoms with Crippen LogP contribution >= 0.6 is 23.2 Å². The van der Waals surface area contributed by atoms with E-state index in [9.17, 15) is 4.79 Å². The van der Waals surface area contributed by atoms with Crippen LogP contribution in [-0.4, -0.2) is 18.1 Å². The van der Waals surface area contributed by atoms with E-state index in [-0.39, 0.29) is 5.69 Å². The maximum atomic E-state index is 11.5. The number of pyridine rings is 1. The number of carbonyl (C=O) groups is 1. The number of nitrogens with zero attached hydrogens (tertiary/aromatic N) is 1. The monoisotopic (exact) mass is 255 g/mol. The molecule has 1 heterocycles. The number of aromatic nitrogens is 1. The first kappa shape index (κ1) is 11.2. The summed E-state index contributed by atoms with van der Waals surface area (Å²) >= 11 is 11.9. The van der Waals surface area contributed by atoms with E-state index in [1.54, 1.807) is 18.2 Å². The van der Waals surface area contributed by atoms with Crippen molar-refractivity contribution in [3.05, 3.63) is 40.1 Å². The van der Waals surface area contributed by atoms with Crippen LogP contribution in [0.15, 0.2) is 24.4 Å². The van der Waals surface area contributed by atoms with Crippen molar-refractivity contribution in [3.63, 3.8) is 0 Å². The molecule has 0 bridgehead atoms. The molecule has 1 aromatic heterocycles. The average molecular weight is 256 g/mol. The lowest BCUT2D eigenvalue weighted by atomic mass is 10.1. The van der Waals surface area contributed by atoms with Crippen molar-refractivity contribution < 1.29 is 9.53 Å². The molecule has 0 N–H and O–H groups in total. The molecular formula is C11H7Cl2NO2. The highest BCUT2D eigenvalue weighted by Crippen LogP contribution is 2.31. The first-order valence-corrected chi connectivity index (χ1v) is 5.21. The minimum Gasteiger partial charge on any atom is -0.464 e. The minimum atomic E-state index is -0.496. The zero-order valence-electron chi connectivity index (χ0n) is 8.33. The summed E-state index contributed by atoms with van der Waals surface area (Å²) in [6, 6.07) is 5.03. The third kappa shape index (κ3) is 1.72. The zero-order valence-corrected chi connectivity index (χ0v) is 9.84. The number of esters is 1. The second-order valence-corrected chi connectivity index (χ2v) is 3.89. The van der Waals surface area contributed by atoms with Crippen molar-refractivity contribution >= 4 is 39.9 Å². The summed E-state index contributed by atoms with van der Waals surface area (Å²) in [7, 11) is 1.31. The summed E-state index contributed by atoms with van der Waals surface area (Å²) in [6.45, 7) is 0. The Kier molecular flexibility index (Phi) is 2.99. The molecular weight excluding hydrogens is 249 g/mol. The van der Waals surface area contributed by atoms with Gasteiger partial charge in [-0.2, -0.15) is 0 Å². The van der Waals surface area contributed by atoms with Crippen LogP contribution in [0.5, 0.6) is 0 Å². The topological polar surface area (TPSA) is 39.2 Å². The molecule has 0 atom stereocenters. The number of halogens is 2. The van der Waals surface area contributed by atoms with Crippen LogP contribution in [0.2, 0.25) is 10.0 Å². The maximum absolute atomic E-state index is 11.5. The van der Waals surface area contributed by atoms with Crippen molar-refractivity contribution in [2.45, 2.75) is 0 Å². The molecule has 0 saturated carbocycles. The van der Waals surface area contributed by atoms with Gasteiger partial charge in [0.15, 0.2) is 5.69 Å². The van der Waals surface area contributed by atoms with E-state index in [4.69, 9.17) is 23.2 Å². The molecule has 1 aromatic carbocycles. The van der Waals surface area contributed by atoms with Gasteiger partial charge in [0.1, 0.15) is 0 Å². The first-order valence-electron chi connectivity index (χ1n) is 4.46. The van der Waals surface area contributed by atoms with Crippen molar-refractivity contribution in [2.75, 3.05) is 7.11 Å². The highest BCUT2D eigenvalue weighted by Gasteiger charge is 2.14. The van der Waals surface area contributed by atoms with E-state index in [2.05, 4.69) is 9.72 Å². The SMILES string of the molecule is COC(=O)c1nccc2c(Cl)c(Cl)ccc12. The number of methoxy groups -OCH3 is 1. The number of ether oxygens (including phenoxy) is 1. The van der Waals surface area contributed by atoms with Gasteiger partial charge in [0, 0.05) is 17.0 Å². The fourth-order valence-electron chi connectivity index (χ4n) is 1.45. The number of fused-ring (bicyclic) bond motifs is 1. The lowest BCUT2D eigenvalue weighted by Crippen LogP contribution is -2.04. The van der Waals surface area contributed by atoms with Gasteiger partial charge in [0.2, 0.25) is 0 Å². The Hall–Kier alpha value is -1.32. The molecule has 0 aliphatic rings. The highest BCUT2D eigenvalue weighted by atomic mass is 35.5. The molecule has 0 radical (unpaired) electrons. The molecule has 2 aromatic rings. The van der Waals surface area contributed by atoms with E-state index in [0.29, 0.717) is 20.8 Å². The van der Waals surface area contributed by atoms with Gasteiger partial charge in [0.05, 0.1) is 17.2 Å². The van der Waals surface area contributed by atoms with Gasteiger partial charge >= 0.3 is 5.97 Å². The van der Waals surface area contributed by atoms with Crippen LogP contribution in [0, 0.1) is 0 Å². The van der Waals surface area contributed by atoms with E-state index in [1.165, 1.54) is 13.3 Å². The Bertz CT molecular complexity index is 569. The van der Waals surface area contributed by atoms with Gasteiger partial charge in [-0.1, -0.05) is 29.3 Å². The Morgan fingerprint density at radius 1 is 1.25 bits per heavy atom. The Morgan fingerprint density at radius 3 is 2.69 bits per heavy atom. The zero-order chi connectivity index (χ0) is 11.7. The third-order valence-electron chi connectivity index (χ3n) is 2.21. The molecule has 3 nitrogen and oxygen atoms in total. The quantitative estimate of drug-likeness (QED) is 0.734. The second kappa shape index (κ2) is 4.28. The lowest BCUT2D eigenvalue weighted by molar-refractivity contribution is 0.0596. The molecule has 2 rings (SSSR count). The molecule has 82 valence electrons. The summed E-state index contributed by atoms with van der Waals surface area (Å²) in [5.41, 5.74) is 0.235. The van der Waals surface area contributed by atoms with Crippen molar-refractivity contribution in [1.82, 2.24) is 4.98 Å². The highest BCUT2D eigenvalue weighted by molar-refractivity contribution is 6.45. The van der Waals surface area contributed by atoms with Gasteiger partial charge in [-0.05, 0) is 12.1 Å². The van der Waals surface area contributed by atoms with Crippen LogP contribution < -0.4 is 0 Å². The number of hydrogen-bond donors (Lipinski definition) is 0. The Morgan fingerprint density at radius 2 is 2.00 bits per heavy atom. The standard InChI is InChI=1S/C11H7Cl2NO2/c1-16-11(15)10-7-2-3-8(12)9(13)6(7)4-5-14-10/h2-5H,1H3. The normalized spacial score (nSPS) is 10.4. The average Bonchev–Trinajstić information content (AvgIpc) is 2.32. The molecule has 0 saturated heterocycles. The van der Waals surface area contributed by atoms with Crippen molar-refractivity contribution in [3.8, 4) is 0 Å². The van der Waals surface area contributed by atoms with Gasteiger partial charge in [-0.3, -0.25) is 0 Å². The summed E-state index contributed by atoms with van der Waals surface area (Å²) in [5.74, 6) is -0.496. The number of rotatable bonds is 1. The fourth-order valence-corrected chi connectivity index (χ4v) is 1.84. The number of benzene rings is 1. The molecule has 0 unspecified atom stereocenters. The van der Waals surface area contributed by atoms with E-state index in [1.807, 2.05) is 0 Å². The van der Waals surface area contributed by atoms with Crippen molar-refractivity contribution in [1.29, 1.82) is 0 Å². The Labute approximate surface area is 102 Å². The molecule has 16 heavy (non-hydrogen) atoms. The van der Waals surface area contributed by atoms with Crippen LogP contribution in [0.4, 0.5) is 0 Å². The third-order valence-corrected chi connectivity index (χ3v) is 3.03. The molecule has 0 spiro atoms. The Balaban J connectivity index is 2.79. The summed E-state index contributed by atoms with van der Waals surface area (Å²) in [6.07, 6.45) is 1.50. The van der Waals surface area contributed by atoms with Crippen molar-refractivity contribution in [2.24, 2.45) is 0 Å². The largest absolute Gasteiger partial charge is 0.464 e. The van der Waals surface area contributed by atoms with Crippen LogP contribution in [0.25, 0.3) is 10.8 Å². The number of carbonyl (C=O) groups excluding carboxylic acids is 1. The van der Waals surface area contributed by atoms with Gasteiger partial charge in [-0.25, -0.2) is 9.78 Å². The summed E-state index contributed by atoms with van der Waals surface area (Å²) in [4.78, 5) is 15.4.